The Hall–Kier alpha value is -2.04. The van der Waals surface area contributed by atoms with Gasteiger partial charge in [0.05, 0.1) is 11.9 Å². The highest BCUT2D eigenvalue weighted by molar-refractivity contribution is 5.57. The smallest absolute Gasteiger partial charge is 0.303 e. The quantitative estimate of drug-likeness (QED) is 0.762. The van der Waals surface area contributed by atoms with Gasteiger partial charge in [-0.2, -0.15) is 4.98 Å². The molecule has 0 aromatic carbocycles. The number of aromatic amines is 1. The van der Waals surface area contributed by atoms with Gasteiger partial charge in [0.2, 0.25) is 0 Å². The van der Waals surface area contributed by atoms with Crippen LogP contribution >= 0.6 is 0 Å². The summed E-state index contributed by atoms with van der Waals surface area (Å²) in [7, 11) is 0. The molecule has 0 saturated carbocycles. The lowest BCUT2D eigenvalue weighted by atomic mass is 10.2. The SMILES string of the molecule is Cc1ccc(-c2[nH]c(=O)ncc2F)cn1. The van der Waals surface area contributed by atoms with Crippen LogP contribution in [0.3, 0.4) is 0 Å². The van der Waals surface area contributed by atoms with Crippen LogP contribution in [0.4, 0.5) is 4.39 Å². The third-order valence-electron chi connectivity index (χ3n) is 1.97. The molecule has 0 amide bonds. The van der Waals surface area contributed by atoms with Gasteiger partial charge in [-0.1, -0.05) is 0 Å². The summed E-state index contributed by atoms with van der Waals surface area (Å²) in [5.41, 5.74) is 0.891. The minimum Gasteiger partial charge on any atom is -0.303 e. The highest BCUT2D eigenvalue weighted by atomic mass is 19.1. The highest BCUT2D eigenvalue weighted by Crippen LogP contribution is 2.16. The van der Waals surface area contributed by atoms with E-state index in [9.17, 15) is 9.18 Å². The molecule has 2 rings (SSSR count). The van der Waals surface area contributed by atoms with Gasteiger partial charge in [0.15, 0.2) is 5.82 Å². The second-order valence-electron chi connectivity index (χ2n) is 3.10. The zero-order chi connectivity index (χ0) is 10.8. The number of aryl methyl sites for hydroxylation is 1. The molecular formula is C10H8FN3O. The van der Waals surface area contributed by atoms with Gasteiger partial charge in [-0.15, -0.1) is 0 Å². The highest BCUT2D eigenvalue weighted by Gasteiger charge is 2.06. The number of aromatic nitrogens is 3. The predicted molar refractivity (Wildman–Crippen MR) is 52.8 cm³/mol. The molecule has 0 aliphatic carbocycles. The Morgan fingerprint density at radius 1 is 1.27 bits per heavy atom. The van der Waals surface area contributed by atoms with Gasteiger partial charge in [0.1, 0.15) is 0 Å². The van der Waals surface area contributed by atoms with Crippen molar-refractivity contribution in [3.63, 3.8) is 0 Å². The van der Waals surface area contributed by atoms with Crippen LogP contribution < -0.4 is 5.69 Å². The normalized spacial score (nSPS) is 10.3. The standard InChI is InChI=1S/C10H8FN3O/c1-6-2-3-7(4-12-6)9-8(11)5-13-10(15)14-9/h2-5H,1H3,(H,13,14,15). The number of hydrogen-bond acceptors (Lipinski definition) is 3. The minimum absolute atomic E-state index is 0.113. The third kappa shape index (κ3) is 1.90. The Bertz CT molecular complexity index is 533. The van der Waals surface area contributed by atoms with Gasteiger partial charge in [0.25, 0.3) is 0 Å². The Morgan fingerprint density at radius 3 is 2.73 bits per heavy atom. The second-order valence-corrected chi connectivity index (χ2v) is 3.10. The van der Waals surface area contributed by atoms with E-state index in [0.29, 0.717) is 5.56 Å². The van der Waals surface area contributed by atoms with E-state index in [2.05, 4.69) is 15.0 Å². The van der Waals surface area contributed by atoms with E-state index in [0.717, 1.165) is 11.9 Å². The first-order valence-electron chi connectivity index (χ1n) is 4.34. The molecule has 5 heteroatoms. The molecule has 0 aliphatic rings. The van der Waals surface area contributed by atoms with Crippen LogP contribution in [-0.4, -0.2) is 15.0 Å². The molecule has 4 nitrogen and oxygen atoms in total. The Kier molecular flexibility index (Phi) is 2.29. The second kappa shape index (κ2) is 3.61. The lowest BCUT2D eigenvalue weighted by Crippen LogP contribution is -2.11. The average Bonchev–Trinajstić information content (AvgIpc) is 2.23. The number of pyridine rings is 1. The lowest BCUT2D eigenvalue weighted by Gasteiger charge is -2.01. The van der Waals surface area contributed by atoms with Crippen molar-refractivity contribution in [1.82, 2.24) is 15.0 Å². The summed E-state index contributed by atoms with van der Waals surface area (Å²) in [5.74, 6) is -0.569. The number of halogens is 1. The van der Waals surface area contributed by atoms with Crippen molar-refractivity contribution >= 4 is 0 Å². The fraction of sp³-hybridized carbons (Fsp3) is 0.100. The van der Waals surface area contributed by atoms with Crippen LogP contribution in [0.1, 0.15) is 5.69 Å². The van der Waals surface area contributed by atoms with Crippen molar-refractivity contribution in [2.75, 3.05) is 0 Å². The van der Waals surface area contributed by atoms with E-state index in [4.69, 9.17) is 0 Å². The Balaban J connectivity index is 2.58. The zero-order valence-corrected chi connectivity index (χ0v) is 7.99. The molecule has 0 spiro atoms. The Labute approximate surface area is 84.8 Å². The molecule has 2 aromatic rings. The van der Waals surface area contributed by atoms with Crippen molar-refractivity contribution < 1.29 is 4.39 Å². The molecule has 2 aromatic heterocycles. The van der Waals surface area contributed by atoms with Crippen LogP contribution in [0.5, 0.6) is 0 Å². The number of nitrogens with one attached hydrogen (secondary N) is 1. The van der Waals surface area contributed by atoms with Crippen LogP contribution in [-0.2, 0) is 0 Å². The van der Waals surface area contributed by atoms with Crippen LogP contribution in [0.15, 0.2) is 29.3 Å². The summed E-state index contributed by atoms with van der Waals surface area (Å²) in [6.45, 7) is 1.83. The van der Waals surface area contributed by atoms with Gasteiger partial charge >= 0.3 is 5.69 Å². The number of rotatable bonds is 1. The Morgan fingerprint density at radius 2 is 2.07 bits per heavy atom. The first-order valence-corrected chi connectivity index (χ1v) is 4.34. The maximum Gasteiger partial charge on any atom is 0.345 e. The fourth-order valence-corrected chi connectivity index (χ4v) is 1.20. The molecule has 0 aliphatic heterocycles. The van der Waals surface area contributed by atoms with Crippen molar-refractivity contribution in [2.24, 2.45) is 0 Å². The van der Waals surface area contributed by atoms with E-state index in [1.165, 1.54) is 6.20 Å². The van der Waals surface area contributed by atoms with E-state index >= 15 is 0 Å². The van der Waals surface area contributed by atoms with Gasteiger partial charge < -0.3 is 4.98 Å². The zero-order valence-electron chi connectivity index (χ0n) is 7.99. The largest absolute Gasteiger partial charge is 0.345 e. The molecule has 76 valence electrons. The van der Waals surface area contributed by atoms with E-state index in [1.807, 2.05) is 6.92 Å². The van der Waals surface area contributed by atoms with E-state index in [-0.39, 0.29) is 5.69 Å². The topological polar surface area (TPSA) is 58.6 Å². The molecule has 0 unspecified atom stereocenters. The van der Waals surface area contributed by atoms with Gasteiger partial charge in [-0.05, 0) is 19.1 Å². The molecule has 1 N–H and O–H groups in total. The van der Waals surface area contributed by atoms with E-state index in [1.54, 1.807) is 12.1 Å². The first-order chi connectivity index (χ1) is 7.16. The third-order valence-corrected chi connectivity index (χ3v) is 1.97. The molecule has 15 heavy (non-hydrogen) atoms. The van der Waals surface area contributed by atoms with Crippen molar-refractivity contribution in [3.05, 3.63) is 46.5 Å². The predicted octanol–water partition coefficient (Wildman–Crippen LogP) is 1.28. The van der Waals surface area contributed by atoms with Gasteiger partial charge in [-0.25, -0.2) is 9.18 Å². The molecular weight excluding hydrogens is 197 g/mol. The number of hydrogen-bond donors (Lipinski definition) is 1. The summed E-state index contributed by atoms with van der Waals surface area (Å²) in [6, 6.07) is 3.43. The number of nitrogens with zero attached hydrogens (tertiary/aromatic N) is 2. The average molecular weight is 205 g/mol. The maximum atomic E-state index is 13.3. The molecule has 0 fully saturated rings. The minimum atomic E-state index is -0.577. The summed E-state index contributed by atoms with van der Waals surface area (Å²) >= 11 is 0. The van der Waals surface area contributed by atoms with Crippen LogP contribution in [0, 0.1) is 12.7 Å². The van der Waals surface area contributed by atoms with Crippen molar-refractivity contribution in [1.29, 1.82) is 0 Å². The monoisotopic (exact) mass is 205 g/mol. The van der Waals surface area contributed by atoms with Crippen LogP contribution in [0.2, 0.25) is 0 Å². The van der Waals surface area contributed by atoms with E-state index < -0.39 is 11.5 Å². The molecule has 0 atom stereocenters. The first kappa shape index (κ1) is 9.51. The van der Waals surface area contributed by atoms with Crippen LogP contribution in [0.25, 0.3) is 11.3 Å². The summed E-state index contributed by atoms with van der Waals surface area (Å²) < 4.78 is 13.3. The van der Waals surface area contributed by atoms with Crippen molar-refractivity contribution in [3.8, 4) is 11.3 Å². The fourth-order valence-electron chi connectivity index (χ4n) is 1.20. The number of H-pyrrole nitrogens is 1. The molecule has 0 bridgehead atoms. The van der Waals surface area contributed by atoms with Gasteiger partial charge in [-0.3, -0.25) is 4.98 Å². The molecule has 2 heterocycles. The summed E-state index contributed by atoms with van der Waals surface area (Å²) in [4.78, 5) is 20.6. The lowest BCUT2D eigenvalue weighted by molar-refractivity contribution is 0.615. The summed E-state index contributed by atoms with van der Waals surface area (Å²) in [6.07, 6.45) is 2.40. The summed E-state index contributed by atoms with van der Waals surface area (Å²) in [5, 5.41) is 0. The molecule has 0 saturated heterocycles. The van der Waals surface area contributed by atoms with Crippen molar-refractivity contribution in [2.45, 2.75) is 6.92 Å². The maximum absolute atomic E-state index is 13.3. The van der Waals surface area contributed by atoms with Gasteiger partial charge in [0, 0.05) is 17.5 Å². The molecule has 0 radical (unpaired) electrons.